The molecule has 11 nitrogen and oxygen atoms in total. The first-order valence-electron chi connectivity index (χ1n) is 11.5. The molecule has 2 unspecified atom stereocenters. The van der Waals surface area contributed by atoms with Gasteiger partial charge in [-0.2, -0.15) is 4.31 Å². The van der Waals surface area contributed by atoms with Crippen LogP contribution in [0, 0.1) is 5.92 Å². The van der Waals surface area contributed by atoms with Crippen molar-refractivity contribution in [3.8, 4) is 0 Å². The van der Waals surface area contributed by atoms with Gasteiger partial charge in [-0.1, -0.05) is 25.2 Å². The van der Waals surface area contributed by atoms with Gasteiger partial charge in [-0.25, -0.2) is 23.8 Å². The number of ether oxygens (including phenoxy) is 2. The van der Waals surface area contributed by atoms with E-state index in [0.29, 0.717) is 23.8 Å². The molecule has 12 heteroatoms. The number of sulfonamides is 1. The molecule has 34 heavy (non-hydrogen) atoms. The summed E-state index contributed by atoms with van der Waals surface area (Å²) in [7, 11) is 0.446. The molecule has 3 N–H and O–H groups in total. The van der Waals surface area contributed by atoms with Crippen molar-refractivity contribution in [3.63, 3.8) is 0 Å². The molecule has 0 aromatic rings. The highest BCUT2D eigenvalue weighted by Gasteiger charge is 2.36. The fourth-order valence-electron chi connectivity index (χ4n) is 4.71. The molecule has 3 aliphatic rings. The van der Waals surface area contributed by atoms with Crippen LogP contribution < -0.4 is 11.3 Å². The molecule has 3 rings (SSSR count). The van der Waals surface area contributed by atoms with Gasteiger partial charge in [0.25, 0.3) is 0 Å². The van der Waals surface area contributed by atoms with Crippen molar-refractivity contribution in [2.75, 3.05) is 53.5 Å². The number of nitrogens with one attached hydrogen (secondary N) is 1. The number of nitrogens with zero attached hydrogens (tertiary/aromatic N) is 3. The second-order valence-electron chi connectivity index (χ2n) is 8.78. The zero-order valence-electron chi connectivity index (χ0n) is 20.0. The number of hydrazine groups is 1. The largest absolute Gasteiger partial charge is 0.446 e. The number of hydrogen-bond donors (Lipinski definition) is 2. The highest BCUT2D eigenvalue weighted by molar-refractivity contribution is 7.93. The van der Waals surface area contributed by atoms with Crippen molar-refractivity contribution in [1.29, 1.82) is 0 Å². The number of nitrogens with two attached hydrogens (primary N) is 1. The highest BCUT2D eigenvalue weighted by atomic mass is 32.2. The van der Waals surface area contributed by atoms with Crippen LogP contribution in [-0.4, -0.2) is 94.2 Å². The van der Waals surface area contributed by atoms with Crippen molar-refractivity contribution in [3.05, 3.63) is 34.3 Å². The Kier molecular flexibility index (Phi) is 8.74. The van der Waals surface area contributed by atoms with E-state index < -0.39 is 22.2 Å². The minimum absolute atomic E-state index is 0.116. The average molecular weight is 498 g/mol. The van der Waals surface area contributed by atoms with Crippen LogP contribution in [-0.2, 0) is 19.5 Å². The van der Waals surface area contributed by atoms with Gasteiger partial charge in [0, 0.05) is 32.2 Å². The van der Waals surface area contributed by atoms with Gasteiger partial charge in [0.2, 0.25) is 10.0 Å². The Labute approximate surface area is 201 Å². The predicted octanol–water partition coefficient (Wildman–Crippen LogP) is 1.17. The Morgan fingerprint density at radius 3 is 2.50 bits per heavy atom. The maximum absolute atomic E-state index is 13.6. The first-order chi connectivity index (χ1) is 16.2. The van der Waals surface area contributed by atoms with E-state index in [2.05, 4.69) is 42.8 Å². The zero-order valence-corrected chi connectivity index (χ0v) is 20.8. The lowest BCUT2D eigenvalue weighted by molar-refractivity contribution is 0.0655. The monoisotopic (exact) mass is 497 g/mol. The second kappa shape index (κ2) is 11.3. The molecule has 190 valence electrons. The lowest BCUT2D eigenvalue weighted by Gasteiger charge is -2.35. The van der Waals surface area contributed by atoms with E-state index in [1.165, 1.54) is 9.21 Å². The maximum Gasteiger partial charge on any atom is 0.421 e. The van der Waals surface area contributed by atoms with Crippen molar-refractivity contribution in [2.45, 2.75) is 32.2 Å². The van der Waals surface area contributed by atoms with Gasteiger partial charge in [-0.05, 0) is 50.4 Å². The van der Waals surface area contributed by atoms with E-state index in [-0.39, 0.29) is 45.3 Å². The predicted molar refractivity (Wildman–Crippen MR) is 127 cm³/mol. The Balaban J connectivity index is 1.64. The molecule has 1 heterocycles. The summed E-state index contributed by atoms with van der Waals surface area (Å²) in [6.07, 6.45) is 6.87. The smallest absolute Gasteiger partial charge is 0.421 e. The van der Waals surface area contributed by atoms with Gasteiger partial charge in [-0.3, -0.25) is 5.43 Å². The van der Waals surface area contributed by atoms with E-state index in [9.17, 15) is 18.0 Å². The molecule has 0 aromatic carbocycles. The van der Waals surface area contributed by atoms with Crippen LogP contribution in [0.2, 0.25) is 0 Å². The van der Waals surface area contributed by atoms with Gasteiger partial charge in [-0.15, -0.1) is 0 Å². The van der Waals surface area contributed by atoms with Gasteiger partial charge in [0.15, 0.2) is 0 Å². The minimum Gasteiger partial charge on any atom is -0.446 e. The molecule has 0 spiro atoms. The molecule has 1 saturated heterocycles. The first-order valence-corrected chi connectivity index (χ1v) is 12.9. The number of piperazine rings is 1. The number of carbonyl (C=O) groups excluding carboxylic acids is 2. The Morgan fingerprint density at radius 1 is 1.18 bits per heavy atom. The van der Waals surface area contributed by atoms with Gasteiger partial charge in [0.05, 0.1) is 4.91 Å². The van der Waals surface area contributed by atoms with E-state index in [0.717, 1.165) is 17.6 Å². The van der Waals surface area contributed by atoms with Gasteiger partial charge in [0.1, 0.15) is 13.2 Å². The first kappa shape index (κ1) is 26.2. The van der Waals surface area contributed by atoms with Crippen LogP contribution >= 0.6 is 0 Å². The third-order valence-electron chi connectivity index (χ3n) is 6.55. The summed E-state index contributed by atoms with van der Waals surface area (Å²) in [5.74, 6) is 5.11. The van der Waals surface area contributed by atoms with Crippen LogP contribution in [0.4, 0.5) is 9.59 Å². The third-order valence-corrected chi connectivity index (χ3v) is 8.64. The number of fused-ring (bicyclic) bond motifs is 1. The summed E-state index contributed by atoms with van der Waals surface area (Å²) in [6.45, 7) is 2.75. The van der Waals surface area contributed by atoms with Crippen molar-refractivity contribution < 1.29 is 27.5 Å². The fraction of sp³-hybridized carbons (Fsp3) is 0.636. The highest BCUT2D eigenvalue weighted by Crippen LogP contribution is 2.39. The molecular weight excluding hydrogens is 462 g/mol. The molecular formula is C22H35N5O6S. The summed E-state index contributed by atoms with van der Waals surface area (Å²) in [6, 6.07) is 0.312. The summed E-state index contributed by atoms with van der Waals surface area (Å²) < 4.78 is 38.4. The van der Waals surface area contributed by atoms with Gasteiger partial charge < -0.3 is 19.3 Å². The van der Waals surface area contributed by atoms with Crippen LogP contribution in [0.1, 0.15) is 26.2 Å². The van der Waals surface area contributed by atoms with Crippen LogP contribution in [0.15, 0.2) is 34.3 Å². The minimum atomic E-state index is -3.66. The lowest BCUT2D eigenvalue weighted by Crippen LogP contribution is -2.51. The van der Waals surface area contributed by atoms with Crippen LogP contribution in [0.5, 0.6) is 0 Å². The zero-order chi connectivity index (χ0) is 24.9. The SMILES string of the molecule is CC1C2=CCCC(S(=O)(=O)N3CCN(C(=O)OCCOC(=O)NN)CC3)=C2C=CCC1N(C)C. The molecule has 0 aromatic heterocycles. The third kappa shape index (κ3) is 5.80. The van der Waals surface area contributed by atoms with E-state index in [1.807, 2.05) is 6.08 Å². The van der Waals surface area contributed by atoms with Crippen molar-refractivity contribution in [2.24, 2.45) is 11.8 Å². The summed E-state index contributed by atoms with van der Waals surface area (Å²) in [5, 5.41) is 0. The van der Waals surface area contributed by atoms with E-state index in [1.54, 1.807) is 5.43 Å². The van der Waals surface area contributed by atoms with Crippen LogP contribution in [0.3, 0.4) is 0 Å². The number of hydrogen-bond acceptors (Lipinski definition) is 8. The quantitative estimate of drug-likeness (QED) is 0.242. The van der Waals surface area contributed by atoms with E-state index in [4.69, 9.17) is 10.6 Å². The standard InChI is InChI=1S/C22H35N5O6S/c1-16-17-6-5-9-20(18(17)7-4-8-19(16)25(2)3)34(30,31)27-12-10-26(11-13-27)22(29)33-15-14-32-21(28)24-23/h4,6-7,16,19H,5,8-15,23H2,1-3H3,(H,24,28). The number of amides is 2. The topological polar surface area (TPSA) is 135 Å². The lowest BCUT2D eigenvalue weighted by atomic mass is 9.85. The Hall–Kier alpha value is -2.41. The Bertz CT molecular complexity index is 966. The van der Waals surface area contributed by atoms with Crippen molar-refractivity contribution in [1.82, 2.24) is 19.5 Å². The average Bonchev–Trinajstić information content (AvgIpc) is 3.00. The molecule has 0 bridgehead atoms. The summed E-state index contributed by atoms with van der Waals surface area (Å²) in [4.78, 5) is 27.3. The molecule has 0 saturated carbocycles. The molecule has 0 radical (unpaired) electrons. The van der Waals surface area contributed by atoms with Crippen molar-refractivity contribution >= 4 is 22.2 Å². The van der Waals surface area contributed by atoms with Gasteiger partial charge >= 0.3 is 12.2 Å². The molecule has 2 aliphatic carbocycles. The summed E-state index contributed by atoms with van der Waals surface area (Å²) in [5.41, 5.74) is 3.73. The summed E-state index contributed by atoms with van der Waals surface area (Å²) >= 11 is 0. The molecule has 1 fully saturated rings. The molecule has 2 amide bonds. The second-order valence-corrected chi connectivity index (χ2v) is 10.7. The maximum atomic E-state index is 13.6. The molecule has 2 atom stereocenters. The van der Waals surface area contributed by atoms with Crippen LogP contribution in [0.25, 0.3) is 0 Å². The number of rotatable bonds is 6. The number of allylic oxidation sites excluding steroid dienone is 4. The van der Waals surface area contributed by atoms with E-state index >= 15 is 0 Å². The normalized spacial score (nSPS) is 23.8. The molecule has 1 aliphatic heterocycles. The Morgan fingerprint density at radius 2 is 1.85 bits per heavy atom. The fourth-order valence-corrected chi connectivity index (χ4v) is 6.51. The number of carbonyl (C=O) groups is 2.